The summed E-state index contributed by atoms with van der Waals surface area (Å²) in [6, 6.07) is 1.78. The molecule has 0 spiro atoms. The minimum absolute atomic E-state index is 0.657. The molecule has 0 bridgehead atoms. The standard InChI is InChI=1S/C7H4N3S/c1-2-8-7(9-3-1)6-4-11-5-10-6/h1-4H. The van der Waals surface area contributed by atoms with Gasteiger partial charge in [0.1, 0.15) is 5.69 Å². The predicted octanol–water partition coefficient (Wildman–Crippen LogP) is 1.40. The molecule has 0 fully saturated rings. The van der Waals surface area contributed by atoms with E-state index in [0.717, 1.165) is 5.69 Å². The van der Waals surface area contributed by atoms with Gasteiger partial charge in [-0.2, -0.15) is 0 Å². The quantitative estimate of drug-likeness (QED) is 0.636. The molecular formula is C7H4N3S. The van der Waals surface area contributed by atoms with Crippen molar-refractivity contribution in [3.63, 3.8) is 0 Å². The molecule has 2 aromatic rings. The van der Waals surface area contributed by atoms with Crippen molar-refractivity contribution >= 4 is 11.3 Å². The topological polar surface area (TPSA) is 38.7 Å². The van der Waals surface area contributed by atoms with Crippen LogP contribution in [0.25, 0.3) is 11.5 Å². The summed E-state index contributed by atoms with van der Waals surface area (Å²) < 4.78 is 0. The molecule has 53 valence electrons. The Kier molecular flexibility index (Phi) is 1.61. The van der Waals surface area contributed by atoms with Gasteiger partial charge in [0.05, 0.1) is 0 Å². The van der Waals surface area contributed by atoms with Crippen LogP contribution in [0.15, 0.2) is 23.8 Å². The molecule has 0 saturated carbocycles. The van der Waals surface area contributed by atoms with Gasteiger partial charge >= 0.3 is 0 Å². The summed E-state index contributed by atoms with van der Waals surface area (Å²) in [6.07, 6.45) is 3.39. The Hall–Kier alpha value is -1.29. The van der Waals surface area contributed by atoms with Gasteiger partial charge in [0.25, 0.3) is 0 Å². The molecule has 4 heteroatoms. The molecule has 0 N–H and O–H groups in total. The lowest BCUT2D eigenvalue weighted by atomic mass is 10.4. The molecule has 0 aliphatic heterocycles. The van der Waals surface area contributed by atoms with Crippen LogP contribution in [0.4, 0.5) is 0 Å². The van der Waals surface area contributed by atoms with Gasteiger partial charge in [-0.05, 0) is 6.07 Å². The lowest BCUT2D eigenvalue weighted by molar-refractivity contribution is 1.15. The van der Waals surface area contributed by atoms with Crippen LogP contribution in [-0.4, -0.2) is 15.0 Å². The third-order valence-electron chi connectivity index (χ3n) is 1.18. The minimum atomic E-state index is 0.657. The lowest BCUT2D eigenvalue weighted by Gasteiger charge is -1.89. The summed E-state index contributed by atoms with van der Waals surface area (Å²) in [7, 11) is 0. The van der Waals surface area contributed by atoms with Gasteiger partial charge in [-0.25, -0.2) is 15.0 Å². The van der Waals surface area contributed by atoms with Crippen molar-refractivity contribution in [3.05, 3.63) is 29.4 Å². The van der Waals surface area contributed by atoms with E-state index in [4.69, 9.17) is 0 Å². The van der Waals surface area contributed by atoms with Gasteiger partial charge in [0, 0.05) is 17.8 Å². The summed E-state index contributed by atoms with van der Waals surface area (Å²) in [5, 5.41) is 1.87. The Labute approximate surface area is 67.8 Å². The van der Waals surface area contributed by atoms with Crippen molar-refractivity contribution in [1.29, 1.82) is 0 Å². The number of hydrogen-bond acceptors (Lipinski definition) is 4. The van der Waals surface area contributed by atoms with E-state index in [-0.39, 0.29) is 0 Å². The zero-order chi connectivity index (χ0) is 7.52. The summed E-state index contributed by atoms with van der Waals surface area (Å²) in [6.45, 7) is 0. The molecule has 0 saturated heterocycles. The van der Waals surface area contributed by atoms with Gasteiger partial charge in [0.15, 0.2) is 11.3 Å². The third-order valence-corrected chi connectivity index (χ3v) is 1.72. The first-order valence-electron chi connectivity index (χ1n) is 3.06. The Morgan fingerprint density at radius 3 is 2.73 bits per heavy atom. The molecule has 2 rings (SSSR count). The second kappa shape index (κ2) is 2.75. The highest BCUT2D eigenvalue weighted by atomic mass is 32.1. The van der Waals surface area contributed by atoms with Crippen LogP contribution >= 0.6 is 11.3 Å². The van der Waals surface area contributed by atoms with Crippen molar-refractivity contribution in [2.24, 2.45) is 0 Å². The number of nitrogens with zero attached hydrogens (tertiary/aromatic N) is 3. The highest BCUT2D eigenvalue weighted by molar-refractivity contribution is 7.07. The Morgan fingerprint density at radius 2 is 2.09 bits per heavy atom. The second-order valence-electron chi connectivity index (χ2n) is 1.90. The van der Waals surface area contributed by atoms with Gasteiger partial charge in [-0.15, -0.1) is 11.3 Å². The highest BCUT2D eigenvalue weighted by Gasteiger charge is 1.99. The highest BCUT2D eigenvalue weighted by Crippen LogP contribution is 2.11. The Morgan fingerprint density at radius 1 is 1.27 bits per heavy atom. The van der Waals surface area contributed by atoms with E-state index < -0.39 is 0 Å². The van der Waals surface area contributed by atoms with Gasteiger partial charge < -0.3 is 0 Å². The van der Waals surface area contributed by atoms with Crippen molar-refractivity contribution in [2.75, 3.05) is 0 Å². The molecule has 0 aromatic carbocycles. The van der Waals surface area contributed by atoms with Gasteiger partial charge in [-0.3, -0.25) is 0 Å². The smallest absolute Gasteiger partial charge is 0.178 e. The first-order chi connectivity index (χ1) is 5.47. The van der Waals surface area contributed by atoms with Crippen LogP contribution in [0.5, 0.6) is 0 Å². The van der Waals surface area contributed by atoms with Crippen LogP contribution in [0, 0.1) is 5.51 Å². The van der Waals surface area contributed by atoms with Crippen LogP contribution in [0.1, 0.15) is 0 Å². The number of aromatic nitrogens is 3. The van der Waals surface area contributed by atoms with Crippen molar-refractivity contribution in [1.82, 2.24) is 15.0 Å². The summed E-state index contributed by atoms with van der Waals surface area (Å²) >= 11 is 1.42. The summed E-state index contributed by atoms with van der Waals surface area (Å²) in [4.78, 5) is 12.0. The molecular weight excluding hydrogens is 158 g/mol. The first-order valence-corrected chi connectivity index (χ1v) is 3.94. The largest absolute Gasteiger partial charge is 0.235 e. The van der Waals surface area contributed by atoms with E-state index in [0.29, 0.717) is 5.82 Å². The zero-order valence-corrected chi connectivity index (χ0v) is 6.38. The maximum atomic E-state index is 4.03. The normalized spacial score (nSPS) is 9.82. The van der Waals surface area contributed by atoms with E-state index in [9.17, 15) is 0 Å². The van der Waals surface area contributed by atoms with E-state index in [1.54, 1.807) is 18.5 Å². The molecule has 0 atom stereocenters. The van der Waals surface area contributed by atoms with Crippen LogP contribution in [0.3, 0.4) is 0 Å². The maximum Gasteiger partial charge on any atom is 0.178 e. The summed E-state index contributed by atoms with van der Waals surface area (Å²) in [5.74, 6) is 0.657. The molecule has 2 heterocycles. The fourth-order valence-electron chi connectivity index (χ4n) is 0.718. The number of hydrogen-bond donors (Lipinski definition) is 0. The predicted molar refractivity (Wildman–Crippen MR) is 42.0 cm³/mol. The fraction of sp³-hybridized carbons (Fsp3) is 0. The van der Waals surface area contributed by atoms with E-state index in [1.165, 1.54) is 11.3 Å². The van der Waals surface area contributed by atoms with Crippen molar-refractivity contribution in [2.45, 2.75) is 0 Å². The second-order valence-corrected chi connectivity index (χ2v) is 2.55. The van der Waals surface area contributed by atoms with Crippen molar-refractivity contribution < 1.29 is 0 Å². The minimum Gasteiger partial charge on any atom is -0.235 e. The van der Waals surface area contributed by atoms with E-state index in [2.05, 4.69) is 20.5 Å². The number of thiazole rings is 1. The molecule has 11 heavy (non-hydrogen) atoms. The molecule has 3 nitrogen and oxygen atoms in total. The van der Waals surface area contributed by atoms with Crippen molar-refractivity contribution in [3.8, 4) is 11.5 Å². The molecule has 0 unspecified atom stereocenters. The van der Waals surface area contributed by atoms with E-state index in [1.807, 2.05) is 5.38 Å². The Bertz CT molecular complexity index is 317. The SMILES string of the molecule is [c]1nc(-c2ncccn2)cs1. The molecule has 0 aliphatic rings. The van der Waals surface area contributed by atoms with Crippen LogP contribution in [0.2, 0.25) is 0 Å². The lowest BCUT2D eigenvalue weighted by Crippen LogP contribution is -1.85. The average Bonchev–Trinajstić information content (AvgIpc) is 2.58. The molecule has 1 radical (unpaired) electrons. The third kappa shape index (κ3) is 1.25. The van der Waals surface area contributed by atoms with Crippen LogP contribution < -0.4 is 0 Å². The number of rotatable bonds is 1. The molecule has 2 aromatic heterocycles. The Balaban J connectivity index is 2.46. The van der Waals surface area contributed by atoms with E-state index >= 15 is 0 Å². The monoisotopic (exact) mass is 162 g/mol. The van der Waals surface area contributed by atoms with Crippen LogP contribution in [-0.2, 0) is 0 Å². The summed E-state index contributed by atoms with van der Waals surface area (Å²) in [5.41, 5.74) is 3.53. The first kappa shape index (κ1) is 6.42. The molecule has 0 aliphatic carbocycles. The molecule has 0 amide bonds. The average molecular weight is 162 g/mol. The maximum absolute atomic E-state index is 4.03. The van der Waals surface area contributed by atoms with Gasteiger partial charge in [0.2, 0.25) is 0 Å². The van der Waals surface area contributed by atoms with Gasteiger partial charge in [-0.1, -0.05) is 0 Å². The fourth-order valence-corrected chi connectivity index (χ4v) is 1.19. The zero-order valence-electron chi connectivity index (χ0n) is 5.56.